The Labute approximate surface area is 154 Å². The van der Waals surface area contributed by atoms with Gasteiger partial charge in [-0.3, -0.25) is 0 Å². The molecule has 3 aromatic rings. The van der Waals surface area contributed by atoms with Crippen molar-refractivity contribution in [1.29, 1.82) is 0 Å². The standard InChI is InChI=1S/C23H22O3/c1-16(20-9-6-10-21-23(20)26-15-25-21)22(17-7-4-3-5-8-17)18-11-13-19(24-2)14-12-18/h3-14,16,22H,15H2,1-2H3/t16-,22-/m0/s1. The molecule has 1 heterocycles. The van der Waals surface area contributed by atoms with E-state index in [1.807, 2.05) is 24.3 Å². The van der Waals surface area contributed by atoms with E-state index in [-0.39, 0.29) is 18.6 Å². The fourth-order valence-electron chi connectivity index (χ4n) is 3.73. The summed E-state index contributed by atoms with van der Waals surface area (Å²) >= 11 is 0. The Morgan fingerprint density at radius 2 is 1.54 bits per heavy atom. The highest BCUT2D eigenvalue weighted by atomic mass is 16.7. The van der Waals surface area contributed by atoms with Crippen molar-refractivity contribution in [1.82, 2.24) is 0 Å². The molecule has 0 radical (unpaired) electrons. The van der Waals surface area contributed by atoms with Crippen molar-refractivity contribution in [2.45, 2.75) is 18.8 Å². The van der Waals surface area contributed by atoms with E-state index in [4.69, 9.17) is 14.2 Å². The third-order valence-corrected chi connectivity index (χ3v) is 5.05. The van der Waals surface area contributed by atoms with E-state index < -0.39 is 0 Å². The first-order chi connectivity index (χ1) is 12.8. The summed E-state index contributed by atoms with van der Waals surface area (Å²) in [6, 6.07) is 25.1. The number of methoxy groups -OCH3 is 1. The smallest absolute Gasteiger partial charge is 0.231 e. The van der Waals surface area contributed by atoms with Gasteiger partial charge in [-0.15, -0.1) is 0 Å². The summed E-state index contributed by atoms with van der Waals surface area (Å²) in [5.41, 5.74) is 3.70. The molecule has 1 aliphatic heterocycles. The van der Waals surface area contributed by atoms with Crippen LogP contribution in [-0.4, -0.2) is 13.9 Å². The van der Waals surface area contributed by atoms with E-state index in [1.165, 1.54) is 16.7 Å². The molecule has 26 heavy (non-hydrogen) atoms. The molecular weight excluding hydrogens is 324 g/mol. The third kappa shape index (κ3) is 3.01. The van der Waals surface area contributed by atoms with Gasteiger partial charge in [-0.25, -0.2) is 0 Å². The second kappa shape index (κ2) is 7.12. The highest BCUT2D eigenvalue weighted by Gasteiger charge is 2.28. The van der Waals surface area contributed by atoms with Gasteiger partial charge in [-0.2, -0.15) is 0 Å². The van der Waals surface area contributed by atoms with Gasteiger partial charge < -0.3 is 14.2 Å². The molecule has 0 spiro atoms. The van der Waals surface area contributed by atoms with Gasteiger partial charge in [0.15, 0.2) is 11.5 Å². The molecule has 1 aliphatic rings. The zero-order chi connectivity index (χ0) is 17.9. The minimum atomic E-state index is 0.206. The number of hydrogen-bond acceptors (Lipinski definition) is 3. The molecular formula is C23H22O3. The average Bonchev–Trinajstić information content (AvgIpc) is 3.18. The maximum Gasteiger partial charge on any atom is 0.231 e. The Kier molecular flexibility index (Phi) is 4.53. The number of fused-ring (bicyclic) bond motifs is 1. The van der Waals surface area contributed by atoms with Crippen molar-refractivity contribution in [2.75, 3.05) is 13.9 Å². The van der Waals surface area contributed by atoms with Gasteiger partial charge in [-0.1, -0.05) is 61.5 Å². The summed E-state index contributed by atoms with van der Waals surface area (Å²) in [5.74, 6) is 3.00. The van der Waals surface area contributed by atoms with Crippen LogP contribution >= 0.6 is 0 Å². The second-order valence-corrected chi connectivity index (χ2v) is 6.53. The van der Waals surface area contributed by atoms with Crippen molar-refractivity contribution in [2.24, 2.45) is 0 Å². The first-order valence-corrected chi connectivity index (χ1v) is 8.85. The van der Waals surface area contributed by atoms with Gasteiger partial charge in [-0.05, 0) is 35.2 Å². The fourth-order valence-corrected chi connectivity index (χ4v) is 3.73. The summed E-state index contributed by atoms with van der Waals surface area (Å²) in [6.07, 6.45) is 0. The van der Waals surface area contributed by atoms with Gasteiger partial charge in [0, 0.05) is 11.5 Å². The van der Waals surface area contributed by atoms with Crippen molar-refractivity contribution in [3.63, 3.8) is 0 Å². The molecule has 0 N–H and O–H groups in total. The number of para-hydroxylation sites is 1. The lowest BCUT2D eigenvalue weighted by Crippen LogP contribution is -2.11. The van der Waals surface area contributed by atoms with Crippen LogP contribution in [0.4, 0.5) is 0 Å². The Hall–Kier alpha value is -2.94. The minimum Gasteiger partial charge on any atom is -0.497 e. The number of rotatable bonds is 5. The normalized spacial score (nSPS) is 14.7. The van der Waals surface area contributed by atoms with Crippen LogP contribution in [0.25, 0.3) is 0 Å². The zero-order valence-electron chi connectivity index (χ0n) is 15.0. The predicted octanol–water partition coefficient (Wildman–Crippen LogP) is 5.36. The minimum absolute atomic E-state index is 0.206. The molecule has 0 amide bonds. The summed E-state index contributed by atoms with van der Waals surface area (Å²) in [4.78, 5) is 0. The van der Waals surface area contributed by atoms with Crippen molar-refractivity contribution in [3.05, 3.63) is 89.5 Å². The van der Waals surface area contributed by atoms with E-state index in [2.05, 4.69) is 55.5 Å². The highest BCUT2D eigenvalue weighted by molar-refractivity contribution is 5.52. The molecule has 0 saturated carbocycles. The van der Waals surface area contributed by atoms with E-state index in [1.54, 1.807) is 7.11 Å². The van der Waals surface area contributed by atoms with Gasteiger partial charge in [0.2, 0.25) is 6.79 Å². The van der Waals surface area contributed by atoms with E-state index >= 15 is 0 Å². The Bertz CT molecular complexity index is 872. The van der Waals surface area contributed by atoms with Crippen molar-refractivity contribution in [3.8, 4) is 17.2 Å². The second-order valence-electron chi connectivity index (χ2n) is 6.53. The largest absolute Gasteiger partial charge is 0.497 e. The molecule has 0 unspecified atom stereocenters. The number of benzene rings is 3. The molecule has 4 rings (SSSR count). The lowest BCUT2D eigenvalue weighted by Gasteiger charge is -2.26. The summed E-state index contributed by atoms with van der Waals surface area (Å²) < 4.78 is 16.7. The van der Waals surface area contributed by atoms with Gasteiger partial charge in [0.25, 0.3) is 0 Å². The maximum absolute atomic E-state index is 5.77. The van der Waals surface area contributed by atoms with Crippen LogP contribution in [0.2, 0.25) is 0 Å². The first kappa shape index (κ1) is 16.5. The summed E-state index contributed by atoms with van der Waals surface area (Å²) in [7, 11) is 1.69. The molecule has 0 bridgehead atoms. The zero-order valence-corrected chi connectivity index (χ0v) is 15.0. The van der Waals surface area contributed by atoms with Crippen LogP contribution in [0.15, 0.2) is 72.8 Å². The van der Waals surface area contributed by atoms with Gasteiger partial charge in [0.05, 0.1) is 7.11 Å². The lowest BCUT2D eigenvalue weighted by molar-refractivity contribution is 0.173. The van der Waals surface area contributed by atoms with Crippen LogP contribution < -0.4 is 14.2 Å². The van der Waals surface area contributed by atoms with Gasteiger partial charge >= 0.3 is 0 Å². The molecule has 0 aromatic heterocycles. The Morgan fingerprint density at radius 1 is 0.808 bits per heavy atom. The predicted molar refractivity (Wildman–Crippen MR) is 102 cm³/mol. The van der Waals surface area contributed by atoms with E-state index in [9.17, 15) is 0 Å². The molecule has 3 aromatic carbocycles. The topological polar surface area (TPSA) is 27.7 Å². The number of ether oxygens (including phenoxy) is 3. The first-order valence-electron chi connectivity index (χ1n) is 8.85. The number of hydrogen-bond donors (Lipinski definition) is 0. The van der Waals surface area contributed by atoms with Crippen molar-refractivity contribution >= 4 is 0 Å². The quantitative estimate of drug-likeness (QED) is 0.622. The fraction of sp³-hybridized carbons (Fsp3) is 0.217. The maximum atomic E-state index is 5.77. The molecule has 3 heteroatoms. The molecule has 0 aliphatic carbocycles. The third-order valence-electron chi connectivity index (χ3n) is 5.05. The van der Waals surface area contributed by atoms with Crippen LogP contribution in [0.3, 0.4) is 0 Å². The van der Waals surface area contributed by atoms with Gasteiger partial charge in [0.1, 0.15) is 5.75 Å². The highest BCUT2D eigenvalue weighted by Crippen LogP contribution is 2.46. The van der Waals surface area contributed by atoms with Crippen LogP contribution in [0.1, 0.15) is 35.4 Å². The SMILES string of the molecule is COc1ccc([C@H](c2ccccc2)[C@@H](C)c2cccc3c2OCO3)cc1. The molecule has 3 nitrogen and oxygen atoms in total. The Balaban J connectivity index is 1.79. The monoisotopic (exact) mass is 346 g/mol. The molecule has 2 atom stereocenters. The summed E-state index contributed by atoms with van der Waals surface area (Å²) in [5, 5.41) is 0. The molecule has 0 fully saturated rings. The molecule has 0 saturated heterocycles. The average molecular weight is 346 g/mol. The van der Waals surface area contributed by atoms with E-state index in [0.717, 1.165) is 17.2 Å². The summed E-state index contributed by atoms with van der Waals surface area (Å²) in [6.45, 7) is 2.54. The van der Waals surface area contributed by atoms with Crippen LogP contribution in [0.5, 0.6) is 17.2 Å². The lowest BCUT2D eigenvalue weighted by atomic mass is 9.78. The molecule has 132 valence electrons. The van der Waals surface area contributed by atoms with Crippen LogP contribution in [-0.2, 0) is 0 Å². The van der Waals surface area contributed by atoms with E-state index in [0.29, 0.717) is 0 Å². The Morgan fingerprint density at radius 3 is 2.27 bits per heavy atom. The van der Waals surface area contributed by atoms with Crippen LogP contribution in [0, 0.1) is 0 Å². The van der Waals surface area contributed by atoms with Crippen molar-refractivity contribution < 1.29 is 14.2 Å².